The van der Waals surface area contributed by atoms with Gasteiger partial charge in [-0.15, -0.1) is 0 Å². The molecule has 22 heavy (non-hydrogen) atoms. The molecule has 122 valence electrons. The summed E-state index contributed by atoms with van der Waals surface area (Å²) in [5, 5.41) is 6.59. The highest BCUT2D eigenvalue weighted by Crippen LogP contribution is 2.24. The minimum Gasteiger partial charge on any atom is -0.338 e. The number of aromatic nitrogens is 1. The van der Waals surface area contributed by atoms with Gasteiger partial charge in [-0.3, -0.25) is 19.9 Å². The van der Waals surface area contributed by atoms with Crippen molar-refractivity contribution >= 4 is 11.8 Å². The van der Waals surface area contributed by atoms with Crippen molar-refractivity contribution in [3.63, 3.8) is 0 Å². The fourth-order valence-corrected chi connectivity index (χ4v) is 3.57. The fraction of sp³-hybridized carbons (Fsp3) is 0.750. The van der Waals surface area contributed by atoms with Crippen LogP contribution in [0.1, 0.15) is 38.3 Å². The van der Waals surface area contributed by atoms with Crippen molar-refractivity contribution in [2.75, 3.05) is 31.5 Å². The van der Waals surface area contributed by atoms with Gasteiger partial charge in [0.05, 0.1) is 11.7 Å². The molecule has 0 radical (unpaired) electrons. The molecular formula is C16H26N4O2. The summed E-state index contributed by atoms with van der Waals surface area (Å²) in [6.45, 7) is 7.86. The first-order chi connectivity index (χ1) is 10.6. The highest BCUT2D eigenvalue weighted by atomic mass is 16.5. The van der Waals surface area contributed by atoms with Crippen LogP contribution in [0.15, 0.2) is 10.6 Å². The quantitative estimate of drug-likeness (QED) is 0.920. The lowest BCUT2D eigenvalue weighted by molar-refractivity contribution is -0.121. The van der Waals surface area contributed by atoms with Gasteiger partial charge in [0.15, 0.2) is 0 Å². The Labute approximate surface area is 131 Å². The number of nitrogens with zero attached hydrogens (tertiary/aromatic N) is 3. The van der Waals surface area contributed by atoms with Crippen LogP contribution in [0.2, 0.25) is 0 Å². The zero-order valence-electron chi connectivity index (χ0n) is 13.5. The first kappa shape index (κ1) is 15.5. The van der Waals surface area contributed by atoms with Crippen LogP contribution in [-0.4, -0.2) is 59.1 Å². The Morgan fingerprint density at radius 2 is 2.00 bits per heavy atom. The van der Waals surface area contributed by atoms with E-state index in [0.717, 1.165) is 37.9 Å². The third-order valence-electron chi connectivity index (χ3n) is 4.99. The largest absolute Gasteiger partial charge is 0.338 e. The summed E-state index contributed by atoms with van der Waals surface area (Å²) in [4.78, 5) is 17.2. The Morgan fingerprint density at radius 1 is 1.32 bits per heavy atom. The number of amides is 1. The lowest BCUT2D eigenvalue weighted by atomic mass is 10.1. The van der Waals surface area contributed by atoms with Crippen LogP contribution in [0.25, 0.3) is 0 Å². The second-order valence-electron chi connectivity index (χ2n) is 6.51. The molecule has 1 aromatic heterocycles. The average Bonchev–Trinajstić information content (AvgIpc) is 3.18. The first-order valence-corrected chi connectivity index (χ1v) is 8.36. The Bertz CT molecular complexity index is 502. The topological polar surface area (TPSA) is 61.6 Å². The molecule has 1 saturated carbocycles. The van der Waals surface area contributed by atoms with Crippen LogP contribution < -0.4 is 5.32 Å². The number of anilines is 1. The van der Waals surface area contributed by atoms with Crippen molar-refractivity contribution in [2.45, 2.75) is 51.6 Å². The molecule has 6 heteroatoms. The molecule has 0 aromatic carbocycles. The van der Waals surface area contributed by atoms with Crippen LogP contribution in [0.3, 0.4) is 0 Å². The van der Waals surface area contributed by atoms with E-state index in [1.807, 2.05) is 13.8 Å². The molecule has 2 fully saturated rings. The Hall–Kier alpha value is -1.40. The van der Waals surface area contributed by atoms with Crippen LogP contribution in [0, 0.1) is 6.92 Å². The van der Waals surface area contributed by atoms with Crippen LogP contribution >= 0.6 is 0 Å². The van der Waals surface area contributed by atoms with Gasteiger partial charge in [0.25, 0.3) is 0 Å². The van der Waals surface area contributed by atoms with Gasteiger partial charge < -0.3 is 4.52 Å². The highest BCUT2D eigenvalue weighted by Gasteiger charge is 2.30. The Balaban J connectivity index is 1.48. The summed E-state index contributed by atoms with van der Waals surface area (Å²) in [6, 6.07) is 2.38. The fourth-order valence-electron chi connectivity index (χ4n) is 3.57. The molecule has 1 N–H and O–H groups in total. The number of aryl methyl sites for hydroxylation is 1. The van der Waals surface area contributed by atoms with Crippen LogP contribution in [-0.2, 0) is 4.79 Å². The van der Waals surface area contributed by atoms with E-state index in [9.17, 15) is 4.79 Å². The van der Waals surface area contributed by atoms with E-state index in [0.29, 0.717) is 5.88 Å². The number of nitrogens with one attached hydrogen (secondary N) is 1. The van der Waals surface area contributed by atoms with Gasteiger partial charge in [-0.2, -0.15) is 0 Å². The van der Waals surface area contributed by atoms with Gasteiger partial charge in [0.2, 0.25) is 11.8 Å². The molecule has 2 heterocycles. The summed E-state index contributed by atoms with van der Waals surface area (Å²) < 4.78 is 5.05. The molecule has 1 amide bonds. The van der Waals surface area contributed by atoms with Gasteiger partial charge in [-0.05, 0) is 26.7 Å². The summed E-state index contributed by atoms with van der Waals surface area (Å²) >= 11 is 0. The highest BCUT2D eigenvalue weighted by molar-refractivity contribution is 5.93. The van der Waals surface area contributed by atoms with Crippen molar-refractivity contribution in [1.29, 1.82) is 0 Å². The average molecular weight is 306 g/mol. The summed E-state index contributed by atoms with van der Waals surface area (Å²) in [5.74, 6) is 0.407. The molecule has 1 aliphatic heterocycles. The number of carbonyl (C=O) groups excluding carboxylic acids is 1. The molecule has 1 saturated heterocycles. The molecule has 3 rings (SSSR count). The van der Waals surface area contributed by atoms with Crippen molar-refractivity contribution in [2.24, 2.45) is 0 Å². The van der Waals surface area contributed by atoms with Gasteiger partial charge in [0.1, 0.15) is 0 Å². The van der Waals surface area contributed by atoms with Crippen molar-refractivity contribution in [1.82, 2.24) is 15.0 Å². The van der Waals surface area contributed by atoms with Gasteiger partial charge in [-0.25, -0.2) is 0 Å². The first-order valence-electron chi connectivity index (χ1n) is 8.36. The monoisotopic (exact) mass is 306 g/mol. The minimum absolute atomic E-state index is 0.0227. The zero-order chi connectivity index (χ0) is 15.5. The summed E-state index contributed by atoms with van der Waals surface area (Å²) in [6.07, 6.45) is 5.45. The summed E-state index contributed by atoms with van der Waals surface area (Å²) in [5.41, 5.74) is 0.771. The van der Waals surface area contributed by atoms with E-state index in [1.165, 1.54) is 25.7 Å². The number of carbonyl (C=O) groups is 1. The second-order valence-corrected chi connectivity index (χ2v) is 6.51. The normalized spacial score (nSPS) is 22.8. The third kappa shape index (κ3) is 3.50. The van der Waals surface area contributed by atoms with E-state index >= 15 is 0 Å². The molecule has 1 aliphatic carbocycles. The lowest BCUT2D eigenvalue weighted by Crippen LogP contribution is -2.54. The molecule has 0 bridgehead atoms. The van der Waals surface area contributed by atoms with Crippen molar-refractivity contribution in [3.05, 3.63) is 11.8 Å². The SMILES string of the molecule is Cc1cc(NC(=O)[C@H](C)N2CCN(C3CCCC3)CC2)on1. The van der Waals surface area contributed by atoms with E-state index in [4.69, 9.17) is 4.52 Å². The number of piperazine rings is 1. The smallest absolute Gasteiger partial charge is 0.243 e. The summed E-state index contributed by atoms with van der Waals surface area (Å²) in [7, 11) is 0. The Kier molecular flexibility index (Phi) is 4.78. The van der Waals surface area contributed by atoms with Crippen LogP contribution in [0.4, 0.5) is 5.88 Å². The minimum atomic E-state index is -0.142. The van der Waals surface area contributed by atoms with Gasteiger partial charge in [0, 0.05) is 38.3 Å². The standard InChI is InChI=1S/C16H26N4O2/c1-12-11-15(22-18-12)17-16(21)13(2)19-7-9-20(10-8-19)14-5-3-4-6-14/h11,13-14H,3-10H2,1-2H3,(H,17,21)/t13-/m0/s1. The van der Waals surface area contributed by atoms with E-state index in [-0.39, 0.29) is 11.9 Å². The molecule has 1 aromatic rings. The zero-order valence-corrected chi connectivity index (χ0v) is 13.5. The van der Waals surface area contributed by atoms with Crippen molar-refractivity contribution in [3.8, 4) is 0 Å². The maximum atomic E-state index is 12.3. The van der Waals surface area contributed by atoms with E-state index in [2.05, 4.69) is 20.3 Å². The molecule has 2 aliphatic rings. The second kappa shape index (κ2) is 6.79. The third-order valence-corrected chi connectivity index (χ3v) is 4.99. The predicted octanol–water partition coefficient (Wildman–Crippen LogP) is 1.87. The van der Waals surface area contributed by atoms with E-state index in [1.54, 1.807) is 6.07 Å². The Morgan fingerprint density at radius 3 is 2.59 bits per heavy atom. The number of rotatable bonds is 4. The molecule has 6 nitrogen and oxygen atoms in total. The lowest BCUT2D eigenvalue weighted by Gasteiger charge is -2.40. The molecular weight excluding hydrogens is 280 g/mol. The van der Waals surface area contributed by atoms with E-state index < -0.39 is 0 Å². The number of hydrogen-bond acceptors (Lipinski definition) is 5. The van der Waals surface area contributed by atoms with Crippen molar-refractivity contribution < 1.29 is 9.32 Å². The van der Waals surface area contributed by atoms with Crippen LogP contribution in [0.5, 0.6) is 0 Å². The number of hydrogen-bond donors (Lipinski definition) is 1. The molecule has 0 spiro atoms. The van der Waals surface area contributed by atoms with Gasteiger partial charge >= 0.3 is 0 Å². The maximum Gasteiger partial charge on any atom is 0.243 e. The maximum absolute atomic E-state index is 12.3. The molecule has 0 unspecified atom stereocenters. The molecule has 1 atom stereocenters. The predicted molar refractivity (Wildman–Crippen MR) is 84.7 cm³/mol. The van der Waals surface area contributed by atoms with Gasteiger partial charge in [-0.1, -0.05) is 18.0 Å².